The zero-order chi connectivity index (χ0) is 65.7. The van der Waals surface area contributed by atoms with Crippen LogP contribution in [0.15, 0.2) is 241 Å². The number of para-hydroxylation sites is 6. The monoisotopic (exact) mass is 1220 g/mol. The lowest BCUT2D eigenvalue weighted by Crippen LogP contribution is -2.26. The summed E-state index contributed by atoms with van der Waals surface area (Å²) < 4.78 is 9.45. The van der Waals surface area contributed by atoms with Gasteiger partial charge in [0.05, 0.1) is 21.7 Å². The summed E-state index contributed by atoms with van der Waals surface area (Å²) in [6.45, 7) is 28.1. The minimum Gasteiger partial charge on any atom is -0.347 e. The number of benzene rings is 6. The molecule has 0 saturated carbocycles. The summed E-state index contributed by atoms with van der Waals surface area (Å²) in [4.78, 5) is 4.74. The van der Waals surface area contributed by atoms with Crippen molar-refractivity contribution >= 4 is 57.0 Å². The molecule has 472 valence electrons. The molecule has 6 aliphatic rings. The van der Waals surface area contributed by atoms with Gasteiger partial charge in [0.15, 0.2) is 22.8 Å². The van der Waals surface area contributed by atoms with Crippen LogP contribution in [0.1, 0.15) is 155 Å². The van der Waals surface area contributed by atoms with Crippen molar-refractivity contribution in [3.05, 3.63) is 274 Å². The van der Waals surface area contributed by atoms with E-state index in [0.717, 1.165) is 38.5 Å². The first-order valence-electron chi connectivity index (χ1n) is 33.7. The smallest absolute Gasteiger partial charge is 0.209 e. The summed E-state index contributed by atoms with van der Waals surface area (Å²) in [6, 6.07) is 52.8. The summed E-state index contributed by atoms with van der Waals surface area (Å²) in [7, 11) is 13.2. The molecule has 92 heavy (non-hydrogen) atoms. The molecular weight excluding hydrogens is 1120 g/mol. The van der Waals surface area contributed by atoms with Crippen LogP contribution in [0.25, 0.3) is 0 Å². The molecule has 0 fully saturated rings. The van der Waals surface area contributed by atoms with Gasteiger partial charge in [-0.3, -0.25) is 0 Å². The van der Waals surface area contributed by atoms with Crippen LogP contribution >= 0.6 is 0 Å². The van der Waals surface area contributed by atoms with Crippen LogP contribution in [0.5, 0.6) is 0 Å². The number of nitrogens with zero attached hydrogens (tertiary/aromatic N) is 6. The van der Waals surface area contributed by atoms with E-state index in [2.05, 4.69) is 372 Å². The first-order valence-corrected chi connectivity index (χ1v) is 33.7. The van der Waals surface area contributed by atoms with Gasteiger partial charge in [-0.15, -0.1) is 0 Å². The third-order valence-corrected chi connectivity index (χ3v) is 21.7. The second-order valence-electron chi connectivity index (χ2n) is 29.5. The highest BCUT2D eigenvalue weighted by Gasteiger charge is 2.46. The molecule has 0 aromatic heterocycles. The average Bonchev–Trinajstić information content (AvgIpc) is 1.67. The van der Waals surface area contributed by atoms with Crippen molar-refractivity contribution in [2.24, 2.45) is 0 Å². The molecule has 0 unspecified atom stereocenters. The molecule has 0 spiro atoms. The lowest BCUT2D eigenvalue weighted by atomic mass is 9.81. The van der Waals surface area contributed by atoms with Crippen molar-refractivity contribution in [2.45, 2.75) is 154 Å². The zero-order valence-corrected chi connectivity index (χ0v) is 58.7. The largest absolute Gasteiger partial charge is 0.347 e. The van der Waals surface area contributed by atoms with Crippen molar-refractivity contribution in [1.82, 2.24) is 0 Å². The number of unbranched alkanes of at least 4 members (excludes halogenated alkanes) is 1. The van der Waals surface area contributed by atoms with Crippen LogP contribution in [-0.2, 0) is 32.5 Å². The second kappa shape index (κ2) is 25.2. The lowest BCUT2D eigenvalue weighted by molar-refractivity contribution is -0.401. The molecular formula is C86H102N6+4. The Labute approximate surface area is 552 Å². The van der Waals surface area contributed by atoms with Crippen molar-refractivity contribution in [3.8, 4) is 0 Å². The number of hydrogen-bond acceptors (Lipinski definition) is 2. The second-order valence-corrected chi connectivity index (χ2v) is 29.5. The first-order chi connectivity index (χ1) is 43.7. The molecule has 0 aliphatic carbocycles. The van der Waals surface area contributed by atoms with Gasteiger partial charge in [0.25, 0.3) is 0 Å². The van der Waals surface area contributed by atoms with E-state index in [4.69, 9.17) is 0 Å². The Morgan fingerprint density at radius 2 is 0.663 bits per heavy atom. The Balaban J connectivity index is 0.000000189. The van der Waals surface area contributed by atoms with Crippen molar-refractivity contribution in [3.63, 3.8) is 0 Å². The molecule has 6 aliphatic heterocycles. The van der Waals surface area contributed by atoms with Crippen LogP contribution in [0.3, 0.4) is 0 Å². The molecule has 6 nitrogen and oxygen atoms in total. The van der Waals surface area contributed by atoms with Gasteiger partial charge >= 0.3 is 0 Å². The molecule has 0 amide bonds. The number of anilines is 2. The van der Waals surface area contributed by atoms with Crippen molar-refractivity contribution < 1.29 is 18.3 Å². The Morgan fingerprint density at radius 1 is 0.348 bits per heavy atom. The quantitative estimate of drug-likeness (QED) is 0.0546. The molecule has 0 N–H and O–H groups in total. The van der Waals surface area contributed by atoms with E-state index < -0.39 is 0 Å². The number of hydrogen-bond donors (Lipinski definition) is 0. The SMILES string of the molecule is CN1C(=CC=C(C=CC2=[N+](C)c3ccccc3C2(C)C)CCC=CC2=[N+](C)c3ccccc3C2(C)C)C(C)(C)c2ccccc21.CN1C(=CCCC=C(C=CC2=[N+](C)c3ccccc3C2(C)C)CCC=CC2=[N+](C)c3ccccc3C2(C)C)C(C)(C)c2ccccc21. The Hall–Kier alpha value is -8.48. The van der Waals surface area contributed by atoms with Gasteiger partial charge < -0.3 is 9.80 Å². The molecule has 0 radical (unpaired) electrons. The topological polar surface area (TPSA) is 18.5 Å². The highest BCUT2D eigenvalue weighted by Crippen LogP contribution is 2.49. The molecule has 0 saturated heterocycles. The van der Waals surface area contributed by atoms with E-state index in [9.17, 15) is 0 Å². The lowest BCUT2D eigenvalue weighted by Gasteiger charge is -2.24. The fourth-order valence-corrected chi connectivity index (χ4v) is 16.3. The third-order valence-electron chi connectivity index (χ3n) is 21.7. The van der Waals surface area contributed by atoms with Gasteiger partial charge in [0.1, 0.15) is 28.2 Å². The molecule has 6 aromatic rings. The normalized spacial score (nSPS) is 20.4. The van der Waals surface area contributed by atoms with E-state index >= 15 is 0 Å². The van der Waals surface area contributed by atoms with Crippen molar-refractivity contribution in [1.29, 1.82) is 0 Å². The summed E-state index contributed by atoms with van der Waals surface area (Å²) in [5.41, 5.74) is 26.9. The van der Waals surface area contributed by atoms with Crippen molar-refractivity contribution in [2.75, 3.05) is 52.1 Å². The van der Waals surface area contributed by atoms with Gasteiger partial charge in [-0.2, -0.15) is 18.3 Å². The summed E-state index contributed by atoms with van der Waals surface area (Å²) in [5.74, 6) is 0. The van der Waals surface area contributed by atoms with Gasteiger partial charge in [0, 0.05) is 119 Å². The highest BCUT2D eigenvalue weighted by molar-refractivity contribution is 6.05. The average molecular weight is 1220 g/mol. The molecule has 12 rings (SSSR count). The van der Waals surface area contributed by atoms with Gasteiger partial charge in [-0.1, -0.05) is 185 Å². The number of allylic oxidation sites excluding steroid dienone is 16. The summed E-state index contributed by atoms with van der Waals surface area (Å²) >= 11 is 0. The first kappa shape index (κ1) is 65.0. The molecule has 6 heteroatoms. The van der Waals surface area contributed by atoms with E-state index in [1.807, 2.05) is 0 Å². The van der Waals surface area contributed by atoms with Gasteiger partial charge in [-0.05, 0) is 129 Å². The Bertz CT molecular complexity index is 4290. The third kappa shape index (κ3) is 11.6. The predicted molar refractivity (Wildman–Crippen MR) is 394 cm³/mol. The van der Waals surface area contributed by atoms with E-state index in [-0.39, 0.29) is 32.5 Å². The van der Waals surface area contributed by atoms with Crippen LogP contribution in [-0.4, -0.2) is 83.4 Å². The summed E-state index contributed by atoms with van der Waals surface area (Å²) in [5, 5.41) is 0. The molecule has 0 atom stereocenters. The number of fused-ring (bicyclic) bond motifs is 6. The van der Waals surface area contributed by atoms with Crippen LogP contribution in [0.4, 0.5) is 34.1 Å². The van der Waals surface area contributed by atoms with Gasteiger partial charge in [-0.25, -0.2) is 0 Å². The van der Waals surface area contributed by atoms with Crippen LogP contribution < -0.4 is 9.80 Å². The zero-order valence-electron chi connectivity index (χ0n) is 58.7. The molecule has 0 bridgehead atoms. The fourth-order valence-electron chi connectivity index (χ4n) is 16.3. The molecule has 6 heterocycles. The number of rotatable bonds is 16. The predicted octanol–water partition coefficient (Wildman–Crippen LogP) is 19.8. The number of likely N-dealkylation sites (N-methyl/N-ethyl adjacent to an activating group) is 2. The Kier molecular flexibility index (Phi) is 17.8. The van der Waals surface area contributed by atoms with Crippen LogP contribution in [0, 0.1) is 0 Å². The van der Waals surface area contributed by atoms with Crippen LogP contribution in [0.2, 0.25) is 0 Å². The highest BCUT2D eigenvalue weighted by atomic mass is 15.2. The standard InChI is InChI=1S/C44H53N3.C42H49N3/c1-42(2)33-22-12-15-25-36(33)45(7)39(42)28-18-10-20-32(30-31-41-44(5,6)35-24-14-17-27-38(35)47(41)9)21-11-19-29-40-43(3,4)34-23-13-16-26-37(34)46(40)8;1-40(2)31-19-11-14-22-34(31)43(7)37(40)25-17-10-18-30(26-28-38-41(3,4)32-20-12-15-23-35(32)44(38)8)27-29-39-42(5,6)33-21-13-16-24-36(33)45(39)9/h12-18,21-31H,10-11,19-20H2,1-9H3;11-17,19-29H,10,18H2,1-9H3/q2*+2. The maximum absolute atomic E-state index is 2.47. The van der Waals surface area contributed by atoms with E-state index in [1.165, 1.54) is 113 Å². The maximum atomic E-state index is 2.47. The minimum absolute atomic E-state index is 0.000954. The van der Waals surface area contributed by atoms with E-state index in [0.29, 0.717) is 0 Å². The van der Waals surface area contributed by atoms with Gasteiger partial charge in [0.2, 0.25) is 22.7 Å². The minimum atomic E-state index is -0.0507. The maximum Gasteiger partial charge on any atom is 0.209 e. The fraction of sp³-hybridized carbons (Fsp3) is 0.349. The molecule has 6 aromatic carbocycles. The van der Waals surface area contributed by atoms with E-state index in [1.54, 1.807) is 0 Å². The Morgan fingerprint density at radius 3 is 1.04 bits per heavy atom. The summed E-state index contributed by atoms with van der Waals surface area (Å²) in [6.07, 6.45) is 34.5.